The van der Waals surface area contributed by atoms with E-state index < -0.39 is 10.8 Å². The molecule has 0 spiro atoms. The third-order valence-electron chi connectivity index (χ3n) is 1.76. The molecular formula is C7H13NO3S. The fraction of sp³-hybridized carbons (Fsp3) is 0.857. The Balaban J connectivity index is 2.55. The first-order valence-corrected chi connectivity index (χ1v) is 5.31. The average molecular weight is 191 g/mol. The highest BCUT2D eigenvalue weighted by Gasteiger charge is 2.28. The van der Waals surface area contributed by atoms with Crippen LogP contribution in [0.25, 0.3) is 0 Å². The van der Waals surface area contributed by atoms with Gasteiger partial charge in [-0.15, -0.1) is 0 Å². The smallest absolute Gasteiger partial charge is 0.323 e. The molecule has 70 valence electrons. The summed E-state index contributed by atoms with van der Waals surface area (Å²) in [5.41, 5.74) is 0. The maximum absolute atomic E-state index is 11.2. The van der Waals surface area contributed by atoms with Gasteiger partial charge in [0.15, 0.2) is 0 Å². The van der Waals surface area contributed by atoms with E-state index in [4.69, 9.17) is 0 Å². The Labute approximate surface area is 74.1 Å². The summed E-state index contributed by atoms with van der Waals surface area (Å²) < 4.78 is 15.7. The molecule has 1 heterocycles. The first-order valence-electron chi connectivity index (χ1n) is 3.82. The molecule has 0 aliphatic carbocycles. The van der Waals surface area contributed by atoms with Crippen LogP contribution in [0.3, 0.4) is 0 Å². The molecule has 0 aromatic carbocycles. The highest BCUT2D eigenvalue weighted by molar-refractivity contribution is 7.85. The second-order valence-corrected chi connectivity index (χ2v) is 4.46. The summed E-state index contributed by atoms with van der Waals surface area (Å²) in [6.07, 6.45) is 0. The molecule has 0 aromatic rings. The topological polar surface area (TPSA) is 55.4 Å². The van der Waals surface area contributed by atoms with Crippen molar-refractivity contribution in [3.8, 4) is 0 Å². The second-order valence-electron chi connectivity index (χ2n) is 2.92. The van der Waals surface area contributed by atoms with Crippen LogP contribution < -0.4 is 5.32 Å². The number of rotatable bonds is 1. The zero-order chi connectivity index (χ0) is 9.14. The lowest BCUT2D eigenvalue weighted by atomic mass is 10.3. The van der Waals surface area contributed by atoms with E-state index in [0.29, 0.717) is 11.5 Å². The molecule has 5 heteroatoms. The van der Waals surface area contributed by atoms with Gasteiger partial charge in [-0.3, -0.25) is 9.00 Å². The third-order valence-corrected chi connectivity index (χ3v) is 3.34. The van der Waals surface area contributed by atoms with Crippen LogP contribution in [0.5, 0.6) is 0 Å². The highest BCUT2D eigenvalue weighted by atomic mass is 32.2. The number of hydrogen-bond donors (Lipinski definition) is 1. The van der Waals surface area contributed by atoms with Crippen molar-refractivity contribution in [3.05, 3.63) is 0 Å². The Morgan fingerprint density at radius 2 is 2.25 bits per heavy atom. The van der Waals surface area contributed by atoms with Crippen molar-refractivity contribution in [2.75, 3.05) is 18.6 Å². The van der Waals surface area contributed by atoms with Crippen molar-refractivity contribution in [2.45, 2.75) is 19.0 Å². The van der Waals surface area contributed by atoms with Crippen LogP contribution in [-0.2, 0) is 20.3 Å². The molecule has 3 unspecified atom stereocenters. The fourth-order valence-electron chi connectivity index (χ4n) is 1.25. The van der Waals surface area contributed by atoms with Crippen LogP contribution in [0, 0.1) is 0 Å². The molecule has 0 radical (unpaired) electrons. The van der Waals surface area contributed by atoms with Crippen LogP contribution >= 0.6 is 0 Å². The van der Waals surface area contributed by atoms with Crippen molar-refractivity contribution in [1.29, 1.82) is 0 Å². The van der Waals surface area contributed by atoms with Crippen LogP contribution in [-0.4, -0.2) is 40.9 Å². The van der Waals surface area contributed by atoms with Crippen molar-refractivity contribution < 1.29 is 13.7 Å². The maximum atomic E-state index is 11.2. The van der Waals surface area contributed by atoms with Crippen LogP contribution in [0.4, 0.5) is 0 Å². The molecule has 1 aliphatic heterocycles. The predicted molar refractivity (Wildman–Crippen MR) is 46.3 cm³/mol. The number of nitrogens with one attached hydrogen (secondary N) is 1. The second kappa shape index (κ2) is 4.00. The minimum atomic E-state index is -0.886. The van der Waals surface area contributed by atoms with Gasteiger partial charge in [0, 0.05) is 28.3 Å². The van der Waals surface area contributed by atoms with Gasteiger partial charge in [0.1, 0.15) is 6.04 Å². The van der Waals surface area contributed by atoms with Crippen molar-refractivity contribution in [3.63, 3.8) is 0 Å². The van der Waals surface area contributed by atoms with Crippen LogP contribution in [0.1, 0.15) is 6.92 Å². The van der Waals surface area contributed by atoms with E-state index in [2.05, 4.69) is 10.1 Å². The van der Waals surface area contributed by atoms with Crippen LogP contribution in [0.15, 0.2) is 0 Å². The third kappa shape index (κ3) is 2.28. The lowest BCUT2D eigenvalue weighted by Crippen LogP contribution is -2.52. The maximum Gasteiger partial charge on any atom is 0.323 e. The fourth-order valence-corrected chi connectivity index (χ4v) is 2.64. The van der Waals surface area contributed by atoms with Crippen LogP contribution in [0.2, 0.25) is 0 Å². The summed E-state index contributed by atoms with van der Waals surface area (Å²) in [6.45, 7) is 1.91. The molecule has 0 bridgehead atoms. The molecule has 4 nitrogen and oxygen atoms in total. The van der Waals surface area contributed by atoms with E-state index in [9.17, 15) is 9.00 Å². The van der Waals surface area contributed by atoms with Gasteiger partial charge >= 0.3 is 5.97 Å². The van der Waals surface area contributed by atoms with E-state index >= 15 is 0 Å². The van der Waals surface area contributed by atoms with Gasteiger partial charge in [0.2, 0.25) is 0 Å². The summed E-state index contributed by atoms with van der Waals surface area (Å²) in [5.74, 6) is 0.666. The minimum absolute atomic E-state index is 0.128. The zero-order valence-corrected chi connectivity index (χ0v) is 8.02. The minimum Gasteiger partial charge on any atom is -0.468 e. The Hall–Kier alpha value is -0.420. The van der Waals surface area contributed by atoms with E-state index in [-0.39, 0.29) is 18.1 Å². The van der Waals surface area contributed by atoms with Gasteiger partial charge in [-0.1, -0.05) is 0 Å². The number of carbonyl (C=O) groups excluding carboxylic acids is 1. The summed E-state index contributed by atoms with van der Waals surface area (Å²) in [7, 11) is 0.454. The van der Waals surface area contributed by atoms with E-state index in [1.165, 1.54) is 7.11 Å². The molecule has 0 amide bonds. The number of carbonyl (C=O) groups is 1. The van der Waals surface area contributed by atoms with E-state index in [1.54, 1.807) is 0 Å². The summed E-state index contributed by atoms with van der Waals surface area (Å²) in [5, 5.41) is 3.03. The lowest BCUT2D eigenvalue weighted by Gasteiger charge is -2.25. The Morgan fingerprint density at radius 1 is 1.58 bits per heavy atom. The molecule has 1 aliphatic rings. The molecule has 1 fully saturated rings. The normalized spacial score (nSPS) is 36.0. The zero-order valence-electron chi connectivity index (χ0n) is 7.20. The average Bonchev–Trinajstić information content (AvgIpc) is 2.01. The molecule has 3 atom stereocenters. The molecule has 1 rings (SSSR count). The predicted octanol–water partition coefficient (Wildman–Crippen LogP) is -0.732. The molecule has 1 N–H and O–H groups in total. The lowest BCUT2D eigenvalue weighted by molar-refractivity contribution is -0.142. The first-order chi connectivity index (χ1) is 5.63. The van der Waals surface area contributed by atoms with Gasteiger partial charge in [0.05, 0.1) is 7.11 Å². The number of hydrogen-bond acceptors (Lipinski definition) is 4. The van der Waals surface area contributed by atoms with Gasteiger partial charge in [0.25, 0.3) is 0 Å². The van der Waals surface area contributed by atoms with E-state index in [0.717, 1.165) is 0 Å². The van der Waals surface area contributed by atoms with Crippen molar-refractivity contribution in [1.82, 2.24) is 5.32 Å². The number of ether oxygens (including phenoxy) is 1. The van der Waals surface area contributed by atoms with Crippen molar-refractivity contribution in [2.24, 2.45) is 0 Å². The SMILES string of the molecule is COC(=O)C1CS(=O)CC(C)N1. The molecule has 1 saturated heterocycles. The largest absolute Gasteiger partial charge is 0.468 e. The van der Waals surface area contributed by atoms with Gasteiger partial charge < -0.3 is 10.1 Å². The molecular weight excluding hydrogens is 178 g/mol. The summed E-state index contributed by atoms with van der Waals surface area (Å²) in [4.78, 5) is 11.0. The highest BCUT2D eigenvalue weighted by Crippen LogP contribution is 2.03. The summed E-state index contributed by atoms with van der Waals surface area (Å²) >= 11 is 0. The Bertz CT molecular complexity index is 207. The van der Waals surface area contributed by atoms with E-state index in [1.807, 2.05) is 6.92 Å². The van der Waals surface area contributed by atoms with Gasteiger partial charge in [-0.2, -0.15) is 0 Å². The Morgan fingerprint density at radius 3 is 2.75 bits per heavy atom. The molecule has 12 heavy (non-hydrogen) atoms. The standard InChI is InChI=1S/C7H13NO3S/c1-5-3-12(10)4-6(8-5)7(9)11-2/h5-6,8H,3-4H2,1-2H3. The van der Waals surface area contributed by atoms with Gasteiger partial charge in [-0.25, -0.2) is 0 Å². The van der Waals surface area contributed by atoms with Crippen molar-refractivity contribution >= 4 is 16.8 Å². The monoisotopic (exact) mass is 191 g/mol. The number of esters is 1. The first kappa shape index (κ1) is 9.67. The quantitative estimate of drug-likeness (QED) is 0.555. The Kier molecular flexibility index (Phi) is 3.22. The van der Waals surface area contributed by atoms with Gasteiger partial charge in [-0.05, 0) is 6.92 Å². The number of methoxy groups -OCH3 is 1. The molecule has 0 aromatic heterocycles. The molecule has 0 saturated carbocycles. The summed E-state index contributed by atoms with van der Waals surface area (Å²) in [6, 6.07) is -0.261.